The van der Waals surface area contributed by atoms with E-state index in [1.807, 2.05) is 45.0 Å². The van der Waals surface area contributed by atoms with E-state index in [-0.39, 0.29) is 5.92 Å². The first-order valence-corrected chi connectivity index (χ1v) is 8.29. The first-order chi connectivity index (χ1) is 9.04. The van der Waals surface area contributed by atoms with Crippen molar-refractivity contribution in [1.29, 1.82) is 0 Å². The van der Waals surface area contributed by atoms with E-state index in [0.29, 0.717) is 19.4 Å². The van der Waals surface area contributed by atoms with Crippen LogP contribution in [0.1, 0.15) is 32.3 Å². The summed E-state index contributed by atoms with van der Waals surface area (Å²) in [6.45, 7) is 6.44. The van der Waals surface area contributed by atoms with Crippen LogP contribution in [0.15, 0.2) is 24.3 Å². The van der Waals surface area contributed by atoms with Gasteiger partial charge in [0.15, 0.2) is 0 Å². The summed E-state index contributed by atoms with van der Waals surface area (Å²) in [7, 11) is -1.37. The van der Waals surface area contributed by atoms with Gasteiger partial charge in [-0.05, 0) is 37.5 Å². The van der Waals surface area contributed by atoms with Gasteiger partial charge in [-0.3, -0.25) is 4.57 Å². The second kappa shape index (κ2) is 7.68. The molecule has 1 aromatic carbocycles. The second-order valence-corrected chi connectivity index (χ2v) is 6.41. The SMILES string of the molecule is CCOP(=O)(CC(C)c1cccc(OC)c1)OCC. The molecule has 4 nitrogen and oxygen atoms in total. The van der Waals surface area contributed by atoms with Crippen LogP contribution in [-0.4, -0.2) is 26.5 Å². The molecule has 19 heavy (non-hydrogen) atoms. The summed E-state index contributed by atoms with van der Waals surface area (Å²) in [5.41, 5.74) is 1.07. The van der Waals surface area contributed by atoms with E-state index in [1.54, 1.807) is 7.11 Å². The zero-order valence-electron chi connectivity index (χ0n) is 12.1. The maximum atomic E-state index is 12.5. The van der Waals surface area contributed by atoms with Crippen LogP contribution in [0.2, 0.25) is 0 Å². The van der Waals surface area contributed by atoms with Crippen LogP contribution >= 0.6 is 7.60 Å². The standard InChI is InChI=1S/C14H23O4P/c1-5-17-19(15,18-6-2)11-12(3)13-8-7-9-14(10-13)16-4/h7-10,12H,5-6,11H2,1-4H3. The normalized spacial score (nSPS) is 13.3. The molecule has 1 aromatic rings. The average molecular weight is 286 g/mol. The van der Waals surface area contributed by atoms with E-state index >= 15 is 0 Å². The zero-order valence-corrected chi connectivity index (χ0v) is 13.0. The maximum Gasteiger partial charge on any atom is 0.331 e. The monoisotopic (exact) mass is 286 g/mol. The van der Waals surface area contributed by atoms with E-state index in [2.05, 4.69) is 0 Å². The highest BCUT2D eigenvalue weighted by atomic mass is 31.2. The number of ether oxygens (including phenoxy) is 1. The molecule has 0 aliphatic carbocycles. The van der Waals surface area contributed by atoms with Gasteiger partial charge in [0.25, 0.3) is 0 Å². The second-order valence-electron chi connectivity index (χ2n) is 4.31. The quantitative estimate of drug-likeness (QED) is 0.676. The molecule has 0 N–H and O–H groups in total. The van der Waals surface area contributed by atoms with Gasteiger partial charge >= 0.3 is 7.60 Å². The number of hydrogen-bond acceptors (Lipinski definition) is 4. The van der Waals surface area contributed by atoms with E-state index < -0.39 is 7.60 Å². The van der Waals surface area contributed by atoms with Gasteiger partial charge in [0, 0.05) is 0 Å². The Balaban J connectivity index is 2.80. The molecule has 0 aromatic heterocycles. The highest BCUT2D eigenvalue weighted by molar-refractivity contribution is 7.53. The Bertz CT molecular complexity index is 423. The van der Waals surface area contributed by atoms with Crippen LogP contribution in [0.4, 0.5) is 0 Å². The third-order valence-electron chi connectivity index (χ3n) is 2.81. The molecule has 0 aliphatic rings. The molecule has 0 heterocycles. The summed E-state index contributed by atoms with van der Waals surface area (Å²) in [5.74, 6) is 0.881. The lowest BCUT2D eigenvalue weighted by molar-refractivity contribution is 0.219. The lowest BCUT2D eigenvalue weighted by Gasteiger charge is -2.21. The first-order valence-electron chi connectivity index (χ1n) is 6.56. The van der Waals surface area contributed by atoms with Gasteiger partial charge in [-0.2, -0.15) is 0 Å². The number of benzene rings is 1. The van der Waals surface area contributed by atoms with E-state index in [1.165, 1.54) is 0 Å². The summed E-state index contributed by atoms with van der Waals surface area (Å²) < 4.78 is 28.3. The van der Waals surface area contributed by atoms with Crippen LogP contribution < -0.4 is 4.74 Å². The molecule has 0 bridgehead atoms. The smallest absolute Gasteiger partial charge is 0.331 e. The average Bonchev–Trinajstić information content (AvgIpc) is 2.39. The molecule has 1 atom stereocenters. The van der Waals surface area contributed by atoms with Crippen molar-refractivity contribution in [2.75, 3.05) is 26.5 Å². The van der Waals surface area contributed by atoms with Crippen molar-refractivity contribution in [1.82, 2.24) is 0 Å². The Labute approximate surface area is 115 Å². The molecular formula is C14H23O4P. The minimum Gasteiger partial charge on any atom is -0.497 e. The fraction of sp³-hybridized carbons (Fsp3) is 0.571. The van der Waals surface area contributed by atoms with Crippen molar-refractivity contribution < 1.29 is 18.3 Å². The molecule has 0 spiro atoms. The Kier molecular flexibility index (Phi) is 6.56. The molecule has 0 saturated heterocycles. The van der Waals surface area contributed by atoms with E-state index in [4.69, 9.17) is 13.8 Å². The van der Waals surface area contributed by atoms with Crippen molar-refractivity contribution in [2.24, 2.45) is 0 Å². The fourth-order valence-corrected chi connectivity index (χ4v) is 3.88. The summed E-state index contributed by atoms with van der Waals surface area (Å²) in [5, 5.41) is 0. The highest BCUT2D eigenvalue weighted by Gasteiger charge is 2.27. The Morgan fingerprint density at radius 3 is 2.37 bits per heavy atom. The molecule has 5 heteroatoms. The van der Waals surface area contributed by atoms with Crippen molar-refractivity contribution in [3.8, 4) is 5.75 Å². The van der Waals surface area contributed by atoms with Crippen LogP contribution in [-0.2, 0) is 13.6 Å². The van der Waals surface area contributed by atoms with Gasteiger partial charge in [-0.1, -0.05) is 19.1 Å². The third-order valence-corrected chi connectivity index (χ3v) is 5.11. The largest absolute Gasteiger partial charge is 0.497 e. The fourth-order valence-electron chi connectivity index (χ4n) is 1.92. The molecule has 0 fully saturated rings. The van der Waals surface area contributed by atoms with Gasteiger partial charge < -0.3 is 13.8 Å². The minimum absolute atomic E-state index is 0.0824. The number of methoxy groups -OCH3 is 1. The molecule has 1 unspecified atom stereocenters. The lowest BCUT2D eigenvalue weighted by atomic mass is 10.0. The van der Waals surface area contributed by atoms with Gasteiger partial charge in [0.2, 0.25) is 0 Å². The van der Waals surface area contributed by atoms with Crippen molar-refractivity contribution in [3.05, 3.63) is 29.8 Å². The predicted molar refractivity (Wildman–Crippen MR) is 77.1 cm³/mol. The minimum atomic E-state index is -3.01. The molecule has 1 rings (SSSR count). The van der Waals surface area contributed by atoms with Crippen molar-refractivity contribution in [3.63, 3.8) is 0 Å². The Hall–Kier alpha value is -0.830. The molecule has 0 amide bonds. The summed E-state index contributed by atoms with van der Waals surface area (Å²) >= 11 is 0. The van der Waals surface area contributed by atoms with Gasteiger partial charge in [0.05, 0.1) is 26.5 Å². The number of rotatable bonds is 8. The van der Waals surface area contributed by atoms with Crippen molar-refractivity contribution in [2.45, 2.75) is 26.7 Å². The van der Waals surface area contributed by atoms with Crippen LogP contribution in [0, 0.1) is 0 Å². The van der Waals surface area contributed by atoms with Crippen LogP contribution in [0.3, 0.4) is 0 Å². The summed E-state index contributed by atoms with van der Waals surface area (Å²) in [6.07, 6.45) is 0.377. The zero-order chi connectivity index (χ0) is 14.3. The predicted octanol–water partition coefficient (Wildman–Crippen LogP) is 4.06. The Morgan fingerprint density at radius 2 is 1.84 bits per heavy atom. The van der Waals surface area contributed by atoms with Crippen LogP contribution in [0.25, 0.3) is 0 Å². The molecule has 108 valence electrons. The number of hydrogen-bond donors (Lipinski definition) is 0. The first kappa shape index (κ1) is 16.2. The topological polar surface area (TPSA) is 44.8 Å². The van der Waals surface area contributed by atoms with Crippen LogP contribution in [0.5, 0.6) is 5.75 Å². The maximum absolute atomic E-state index is 12.5. The Morgan fingerprint density at radius 1 is 1.21 bits per heavy atom. The summed E-state index contributed by atoms with van der Waals surface area (Å²) in [6, 6.07) is 7.76. The van der Waals surface area contributed by atoms with Gasteiger partial charge in [-0.15, -0.1) is 0 Å². The van der Waals surface area contributed by atoms with Crippen molar-refractivity contribution >= 4 is 7.60 Å². The van der Waals surface area contributed by atoms with E-state index in [9.17, 15) is 4.57 Å². The third kappa shape index (κ3) is 4.98. The van der Waals surface area contributed by atoms with Gasteiger partial charge in [0.1, 0.15) is 5.75 Å². The molecule has 0 aliphatic heterocycles. The molecule has 0 radical (unpaired) electrons. The summed E-state index contributed by atoms with van der Waals surface area (Å²) in [4.78, 5) is 0. The highest BCUT2D eigenvalue weighted by Crippen LogP contribution is 2.51. The van der Waals surface area contributed by atoms with Gasteiger partial charge in [-0.25, -0.2) is 0 Å². The molecule has 0 saturated carbocycles. The molecular weight excluding hydrogens is 263 g/mol. The lowest BCUT2D eigenvalue weighted by Crippen LogP contribution is -2.06. The van der Waals surface area contributed by atoms with E-state index in [0.717, 1.165) is 11.3 Å².